The molecule has 1 unspecified atom stereocenters. The maximum absolute atomic E-state index is 11.3. The molecule has 2 rings (SSSR count). The predicted octanol–water partition coefficient (Wildman–Crippen LogP) is -1.92. The monoisotopic (exact) mass is 242 g/mol. The Labute approximate surface area is 102 Å². The number of nitrogens with two attached hydrogens (primary N) is 1. The average Bonchev–Trinajstić information content (AvgIpc) is 2.38. The van der Waals surface area contributed by atoms with Crippen LogP contribution in [0.2, 0.25) is 0 Å². The lowest BCUT2D eigenvalue weighted by atomic mass is 10.2. The van der Waals surface area contributed by atoms with Gasteiger partial charge in [0, 0.05) is 45.8 Å². The van der Waals surface area contributed by atoms with Crippen LogP contribution in [0.3, 0.4) is 0 Å². The third-order valence-electron chi connectivity index (χ3n) is 3.48. The van der Waals surface area contributed by atoms with Crippen molar-refractivity contribution in [2.75, 3.05) is 59.0 Å². The fraction of sp³-hybridized carbons (Fsp3) is 0.909. The van der Waals surface area contributed by atoms with E-state index >= 15 is 0 Å². The fourth-order valence-corrected chi connectivity index (χ4v) is 2.37. The number of nitrogens with one attached hydrogen (secondary N) is 1. The minimum atomic E-state index is -0.273. The molecule has 0 aromatic heterocycles. The first kappa shape index (κ1) is 12.8. The van der Waals surface area contributed by atoms with Gasteiger partial charge in [0.1, 0.15) is 6.04 Å². The molecule has 0 bridgehead atoms. The zero-order valence-corrected chi connectivity index (χ0v) is 10.2. The Morgan fingerprint density at radius 2 is 2.06 bits per heavy atom. The number of ether oxygens (including phenoxy) is 1. The van der Waals surface area contributed by atoms with Crippen LogP contribution in [0.4, 0.5) is 0 Å². The van der Waals surface area contributed by atoms with Crippen molar-refractivity contribution in [2.45, 2.75) is 6.04 Å². The Kier molecular flexibility index (Phi) is 4.73. The van der Waals surface area contributed by atoms with Crippen LogP contribution in [-0.4, -0.2) is 80.8 Å². The van der Waals surface area contributed by atoms with Crippen LogP contribution >= 0.6 is 0 Å². The largest absolute Gasteiger partial charge is 0.378 e. The van der Waals surface area contributed by atoms with Gasteiger partial charge in [0.15, 0.2) is 0 Å². The van der Waals surface area contributed by atoms with Gasteiger partial charge in [-0.3, -0.25) is 14.6 Å². The highest BCUT2D eigenvalue weighted by Gasteiger charge is 2.27. The van der Waals surface area contributed by atoms with Gasteiger partial charge in [-0.15, -0.1) is 0 Å². The number of hydrogen-bond donors (Lipinski definition) is 2. The number of carbonyl (C=O) groups excluding carboxylic acids is 1. The molecule has 2 fully saturated rings. The van der Waals surface area contributed by atoms with Crippen molar-refractivity contribution in [3.63, 3.8) is 0 Å². The second kappa shape index (κ2) is 6.30. The van der Waals surface area contributed by atoms with E-state index in [0.29, 0.717) is 13.2 Å². The van der Waals surface area contributed by atoms with Crippen LogP contribution in [0.25, 0.3) is 0 Å². The highest BCUT2D eigenvalue weighted by Crippen LogP contribution is 2.06. The predicted molar refractivity (Wildman–Crippen MR) is 64.7 cm³/mol. The SMILES string of the molecule is NC(=O)C1COCCN1CCN1CCNCC1. The summed E-state index contributed by atoms with van der Waals surface area (Å²) in [5, 5.41) is 3.33. The molecule has 2 heterocycles. The summed E-state index contributed by atoms with van der Waals surface area (Å²) in [4.78, 5) is 15.9. The summed E-state index contributed by atoms with van der Waals surface area (Å²) in [5.41, 5.74) is 5.38. The summed E-state index contributed by atoms with van der Waals surface area (Å²) in [6.07, 6.45) is 0. The van der Waals surface area contributed by atoms with Crippen molar-refractivity contribution in [1.82, 2.24) is 15.1 Å². The molecule has 98 valence electrons. The van der Waals surface area contributed by atoms with Crippen LogP contribution in [-0.2, 0) is 9.53 Å². The molecule has 0 saturated carbocycles. The van der Waals surface area contributed by atoms with Gasteiger partial charge in [0.2, 0.25) is 5.91 Å². The first-order chi connectivity index (χ1) is 8.27. The molecule has 0 radical (unpaired) electrons. The first-order valence-corrected chi connectivity index (χ1v) is 6.31. The Hall–Kier alpha value is -0.690. The smallest absolute Gasteiger partial charge is 0.237 e. The topological polar surface area (TPSA) is 70.8 Å². The summed E-state index contributed by atoms with van der Waals surface area (Å²) in [6.45, 7) is 8.15. The Morgan fingerprint density at radius 1 is 1.29 bits per heavy atom. The quantitative estimate of drug-likeness (QED) is 0.601. The number of morpholine rings is 1. The molecular weight excluding hydrogens is 220 g/mol. The van der Waals surface area contributed by atoms with Gasteiger partial charge < -0.3 is 15.8 Å². The van der Waals surface area contributed by atoms with Crippen LogP contribution < -0.4 is 11.1 Å². The summed E-state index contributed by atoms with van der Waals surface area (Å²) in [7, 11) is 0. The summed E-state index contributed by atoms with van der Waals surface area (Å²) >= 11 is 0. The van der Waals surface area contributed by atoms with Gasteiger partial charge in [0.05, 0.1) is 13.2 Å². The van der Waals surface area contributed by atoms with E-state index in [1.54, 1.807) is 0 Å². The normalized spacial score (nSPS) is 28.1. The zero-order chi connectivity index (χ0) is 12.1. The lowest BCUT2D eigenvalue weighted by molar-refractivity contribution is -0.129. The summed E-state index contributed by atoms with van der Waals surface area (Å²) in [5.74, 6) is -0.273. The lowest BCUT2D eigenvalue weighted by Crippen LogP contribution is -2.55. The van der Waals surface area contributed by atoms with Crippen molar-refractivity contribution in [3.8, 4) is 0 Å². The second-order valence-electron chi connectivity index (χ2n) is 4.62. The van der Waals surface area contributed by atoms with E-state index in [4.69, 9.17) is 10.5 Å². The molecule has 2 saturated heterocycles. The third-order valence-corrected chi connectivity index (χ3v) is 3.48. The van der Waals surface area contributed by atoms with Gasteiger partial charge in [0.25, 0.3) is 0 Å². The van der Waals surface area contributed by atoms with E-state index in [-0.39, 0.29) is 11.9 Å². The molecule has 0 aromatic carbocycles. The number of hydrogen-bond acceptors (Lipinski definition) is 5. The van der Waals surface area contributed by atoms with Crippen LogP contribution in [0.1, 0.15) is 0 Å². The Bertz CT molecular complexity index is 256. The van der Waals surface area contributed by atoms with Crippen molar-refractivity contribution in [3.05, 3.63) is 0 Å². The molecule has 6 nitrogen and oxygen atoms in total. The van der Waals surface area contributed by atoms with Gasteiger partial charge in [-0.1, -0.05) is 0 Å². The molecule has 17 heavy (non-hydrogen) atoms. The average molecular weight is 242 g/mol. The minimum Gasteiger partial charge on any atom is -0.378 e. The molecule has 2 aliphatic heterocycles. The molecule has 3 N–H and O–H groups in total. The Balaban J connectivity index is 1.77. The fourth-order valence-electron chi connectivity index (χ4n) is 2.37. The van der Waals surface area contributed by atoms with E-state index in [2.05, 4.69) is 15.1 Å². The molecule has 2 aliphatic rings. The molecule has 1 amide bonds. The standard InChI is InChI=1S/C11H22N4O2/c12-11(16)10-9-17-8-7-15(10)6-5-14-3-1-13-2-4-14/h10,13H,1-9H2,(H2,12,16). The number of carbonyl (C=O) groups is 1. The molecular formula is C11H22N4O2. The van der Waals surface area contributed by atoms with Crippen LogP contribution in [0.15, 0.2) is 0 Å². The van der Waals surface area contributed by atoms with Gasteiger partial charge >= 0.3 is 0 Å². The van der Waals surface area contributed by atoms with E-state index in [1.807, 2.05) is 0 Å². The maximum Gasteiger partial charge on any atom is 0.237 e. The van der Waals surface area contributed by atoms with Gasteiger partial charge in [-0.05, 0) is 0 Å². The Morgan fingerprint density at radius 3 is 2.76 bits per heavy atom. The minimum absolute atomic E-state index is 0.244. The van der Waals surface area contributed by atoms with E-state index in [0.717, 1.165) is 45.8 Å². The van der Waals surface area contributed by atoms with Crippen molar-refractivity contribution < 1.29 is 9.53 Å². The van der Waals surface area contributed by atoms with Crippen LogP contribution in [0.5, 0.6) is 0 Å². The van der Waals surface area contributed by atoms with E-state index in [9.17, 15) is 4.79 Å². The van der Waals surface area contributed by atoms with Crippen LogP contribution in [0, 0.1) is 0 Å². The lowest BCUT2D eigenvalue weighted by Gasteiger charge is -2.36. The number of nitrogens with zero attached hydrogens (tertiary/aromatic N) is 2. The van der Waals surface area contributed by atoms with Crippen molar-refractivity contribution >= 4 is 5.91 Å². The summed E-state index contributed by atoms with van der Waals surface area (Å²) in [6, 6.07) is -0.244. The molecule has 6 heteroatoms. The van der Waals surface area contributed by atoms with E-state index < -0.39 is 0 Å². The molecule has 0 aromatic rings. The highest BCUT2D eigenvalue weighted by atomic mass is 16.5. The second-order valence-corrected chi connectivity index (χ2v) is 4.62. The number of piperazine rings is 1. The number of primary amides is 1. The van der Waals surface area contributed by atoms with Crippen molar-refractivity contribution in [1.29, 1.82) is 0 Å². The van der Waals surface area contributed by atoms with Crippen molar-refractivity contribution in [2.24, 2.45) is 5.73 Å². The zero-order valence-electron chi connectivity index (χ0n) is 10.2. The number of amides is 1. The molecule has 0 aliphatic carbocycles. The molecule has 1 atom stereocenters. The molecule has 0 spiro atoms. The number of rotatable bonds is 4. The van der Waals surface area contributed by atoms with Gasteiger partial charge in [-0.2, -0.15) is 0 Å². The summed E-state index contributed by atoms with van der Waals surface area (Å²) < 4.78 is 5.30. The third kappa shape index (κ3) is 3.64. The van der Waals surface area contributed by atoms with E-state index in [1.165, 1.54) is 0 Å². The highest BCUT2D eigenvalue weighted by molar-refractivity contribution is 5.80. The first-order valence-electron chi connectivity index (χ1n) is 6.31. The van der Waals surface area contributed by atoms with Gasteiger partial charge in [-0.25, -0.2) is 0 Å². The maximum atomic E-state index is 11.3.